The second kappa shape index (κ2) is 8.81. The standard InChI is InChI=1S/C25H25N2O2P/c1-4-16-14-24(26-22-12-10-19(30)15-21(16)22)23-13-11-20(25(27-23)28-3)17-6-8-18(9-7-17)29-5-2/h6-15H,4-5,30H2,1-3H3. The number of pyridine rings is 2. The van der Waals surface area contributed by atoms with E-state index < -0.39 is 0 Å². The monoisotopic (exact) mass is 416 g/mol. The summed E-state index contributed by atoms with van der Waals surface area (Å²) in [5.41, 5.74) is 5.86. The fourth-order valence-corrected chi connectivity index (χ4v) is 3.86. The molecule has 2 aromatic heterocycles. The lowest BCUT2D eigenvalue weighted by Gasteiger charge is -2.12. The molecule has 0 bridgehead atoms. The van der Waals surface area contributed by atoms with Crippen LogP contribution in [0, 0.1) is 0 Å². The number of hydrogen-bond donors (Lipinski definition) is 0. The van der Waals surface area contributed by atoms with Gasteiger partial charge in [0.2, 0.25) is 5.88 Å². The van der Waals surface area contributed by atoms with Crippen molar-refractivity contribution >= 4 is 25.4 Å². The van der Waals surface area contributed by atoms with Gasteiger partial charge in [-0.1, -0.05) is 25.1 Å². The van der Waals surface area contributed by atoms with Gasteiger partial charge in [0.05, 0.1) is 30.6 Å². The fourth-order valence-electron chi connectivity index (χ4n) is 3.59. The first-order valence-electron chi connectivity index (χ1n) is 10.1. The molecule has 2 heterocycles. The molecule has 1 unspecified atom stereocenters. The van der Waals surface area contributed by atoms with Crippen molar-refractivity contribution in [2.45, 2.75) is 20.3 Å². The number of nitrogens with zero attached hydrogens (tertiary/aromatic N) is 2. The SMILES string of the molecule is CCOc1ccc(-c2ccc(-c3cc(CC)c4cc(P)ccc4n3)nc2OC)cc1. The smallest absolute Gasteiger partial charge is 0.221 e. The molecule has 1 atom stereocenters. The Morgan fingerprint density at radius 2 is 1.67 bits per heavy atom. The van der Waals surface area contributed by atoms with Gasteiger partial charge in [-0.3, -0.25) is 0 Å². The summed E-state index contributed by atoms with van der Waals surface area (Å²) in [5.74, 6) is 1.43. The topological polar surface area (TPSA) is 44.2 Å². The van der Waals surface area contributed by atoms with Gasteiger partial charge >= 0.3 is 0 Å². The highest BCUT2D eigenvalue weighted by Crippen LogP contribution is 2.33. The number of aryl methyl sites for hydroxylation is 1. The zero-order valence-electron chi connectivity index (χ0n) is 17.5. The molecule has 30 heavy (non-hydrogen) atoms. The van der Waals surface area contributed by atoms with Gasteiger partial charge in [-0.05, 0) is 72.2 Å². The van der Waals surface area contributed by atoms with E-state index in [1.807, 2.05) is 43.3 Å². The highest BCUT2D eigenvalue weighted by Gasteiger charge is 2.13. The zero-order valence-corrected chi connectivity index (χ0v) is 18.6. The molecule has 0 radical (unpaired) electrons. The average Bonchev–Trinajstić information content (AvgIpc) is 2.78. The third-order valence-electron chi connectivity index (χ3n) is 5.09. The average molecular weight is 416 g/mol. The first-order chi connectivity index (χ1) is 14.6. The normalized spacial score (nSPS) is 10.9. The Morgan fingerprint density at radius 3 is 2.37 bits per heavy atom. The van der Waals surface area contributed by atoms with Gasteiger partial charge in [-0.2, -0.15) is 0 Å². The number of fused-ring (bicyclic) bond motifs is 1. The number of ether oxygens (including phenoxy) is 2. The summed E-state index contributed by atoms with van der Waals surface area (Å²) in [7, 11) is 4.40. The minimum atomic E-state index is 0.580. The van der Waals surface area contributed by atoms with Crippen LogP contribution in [0.15, 0.2) is 60.7 Å². The second-order valence-electron chi connectivity index (χ2n) is 7.01. The van der Waals surface area contributed by atoms with Gasteiger partial charge in [0.1, 0.15) is 5.75 Å². The molecule has 5 heteroatoms. The second-order valence-corrected chi connectivity index (χ2v) is 7.67. The van der Waals surface area contributed by atoms with Crippen molar-refractivity contribution in [3.05, 3.63) is 66.2 Å². The van der Waals surface area contributed by atoms with Crippen LogP contribution in [0.5, 0.6) is 11.6 Å². The lowest BCUT2D eigenvalue weighted by atomic mass is 10.0. The summed E-state index contributed by atoms with van der Waals surface area (Å²) in [4.78, 5) is 9.64. The Kier molecular flexibility index (Phi) is 5.96. The highest BCUT2D eigenvalue weighted by atomic mass is 31.0. The van der Waals surface area contributed by atoms with E-state index in [1.54, 1.807) is 7.11 Å². The maximum absolute atomic E-state index is 5.63. The molecule has 0 spiro atoms. The van der Waals surface area contributed by atoms with Crippen LogP contribution in [-0.2, 0) is 6.42 Å². The summed E-state index contributed by atoms with van der Waals surface area (Å²) in [6.45, 7) is 4.79. The Hall–Kier alpha value is -2.97. The molecule has 0 aliphatic carbocycles. The molecule has 4 aromatic rings. The molecular weight excluding hydrogens is 391 g/mol. The van der Waals surface area contributed by atoms with Crippen LogP contribution in [0.1, 0.15) is 19.4 Å². The predicted octanol–water partition coefficient (Wildman–Crippen LogP) is 5.43. The first kappa shape index (κ1) is 20.3. The number of benzene rings is 2. The van der Waals surface area contributed by atoms with E-state index in [1.165, 1.54) is 10.9 Å². The van der Waals surface area contributed by atoms with Gasteiger partial charge in [0.25, 0.3) is 0 Å². The molecule has 0 amide bonds. The van der Waals surface area contributed by atoms with Crippen LogP contribution in [-0.4, -0.2) is 23.7 Å². The molecule has 0 saturated carbocycles. The summed E-state index contributed by atoms with van der Waals surface area (Å²) in [6, 6.07) is 20.4. The Morgan fingerprint density at radius 1 is 0.867 bits per heavy atom. The van der Waals surface area contributed by atoms with Crippen molar-refractivity contribution in [1.29, 1.82) is 0 Å². The van der Waals surface area contributed by atoms with Crippen LogP contribution in [0.2, 0.25) is 0 Å². The fraction of sp³-hybridized carbons (Fsp3) is 0.200. The molecule has 0 fully saturated rings. The van der Waals surface area contributed by atoms with Crippen LogP contribution < -0.4 is 14.8 Å². The van der Waals surface area contributed by atoms with Gasteiger partial charge in [0.15, 0.2) is 0 Å². The maximum Gasteiger partial charge on any atom is 0.221 e. The summed E-state index contributed by atoms with van der Waals surface area (Å²) in [6.07, 6.45) is 0.932. The molecule has 152 valence electrons. The molecule has 0 aliphatic rings. The lowest BCUT2D eigenvalue weighted by molar-refractivity contribution is 0.340. The predicted molar refractivity (Wildman–Crippen MR) is 127 cm³/mol. The molecule has 0 aliphatic heterocycles. The van der Waals surface area contributed by atoms with Crippen molar-refractivity contribution in [2.24, 2.45) is 0 Å². The van der Waals surface area contributed by atoms with Crippen molar-refractivity contribution in [3.63, 3.8) is 0 Å². The van der Waals surface area contributed by atoms with E-state index >= 15 is 0 Å². The van der Waals surface area contributed by atoms with E-state index in [0.29, 0.717) is 12.5 Å². The molecule has 4 nitrogen and oxygen atoms in total. The van der Waals surface area contributed by atoms with Gasteiger partial charge in [0, 0.05) is 10.9 Å². The zero-order chi connectivity index (χ0) is 21.1. The minimum Gasteiger partial charge on any atom is -0.494 e. The van der Waals surface area contributed by atoms with E-state index in [-0.39, 0.29) is 0 Å². The summed E-state index contributed by atoms with van der Waals surface area (Å²) >= 11 is 0. The quantitative estimate of drug-likeness (QED) is 0.393. The van der Waals surface area contributed by atoms with Gasteiger partial charge in [-0.15, -0.1) is 9.24 Å². The number of methoxy groups -OCH3 is 1. The molecule has 2 aromatic carbocycles. The summed E-state index contributed by atoms with van der Waals surface area (Å²) < 4.78 is 11.2. The molecule has 4 rings (SSSR count). The van der Waals surface area contributed by atoms with Crippen LogP contribution >= 0.6 is 9.24 Å². The van der Waals surface area contributed by atoms with E-state index in [4.69, 9.17) is 19.4 Å². The molecular formula is C25H25N2O2P. The lowest BCUT2D eigenvalue weighted by Crippen LogP contribution is -1.99. The largest absolute Gasteiger partial charge is 0.494 e. The number of aromatic nitrogens is 2. The Balaban J connectivity index is 1.76. The first-order valence-corrected chi connectivity index (χ1v) is 10.7. The van der Waals surface area contributed by atoms with E-state index in [9.17, 15) is 0 Å². The third-order valence-corrected chi connectivity index (χ3v) is 5.45. The van der Waals surface area contributed by atoms with E-state index in [0.717, 1.165) is 45.5 Å². The van der Waals surface area contributed by atoms with Crippen LogP contribution in [0.25, 0.3) is 33.4 Å². The van der Waals surface area contributed by atoms with Crippen LogP contribution in [0.3, 0.4) is 0 Å². The Bertz CT molecular complexity index is 1190. The third kappa shape index (κ3) is 4.01. The molecule has 0 N–H and O–H groups in total. The van der Waals surface area contributed by atoms with Crippen LogP contribution in [0.4, 0.5) is 0 Å². The number of hydrogen-bond acceptors (Lipinski definition) is 4. The van der Waals surface area contributed by atoms with E-state index in [2.05, 4.69) is 40.4 Å². The van der Waals surface area contributed by atoms with Crippen molar-refractivity contribution in [2.75, 3.05) is 13.7 Å². The van der Waals surface area contributed by atoms with Gasteiger partial charge in [-0.25, -0.2) is 9.97 Å². The maximum atomic E-state index is 5.63. The van der Waals surface area contributed by atoms with Crippen molar-refractivity contribution in [1.82, 2.24) is 9.97 Å². The number of rotatable bonds is 6. The van der Waals surface area contributed by atoms with Crippen molar-refractivity contribution < 1.29 is 9.47 Å². The molecule has 0 saturated heterocycles. The highest BCUT2D eigenvalue weighted by molar-refractivity contribution is 7.27. The van der Waals surface area contributed by atoms with Gasteiger partial charge < -0.3 is 9.47 Å². The minimum absolute atomic E-state index is 0.580. The Labute approximate surface area is 179 Å². The summed E-state index contributed by atoms with van der Waals surface area (Å²) in [5, 5.41) is 2.35. The van der Waals surface area contributed by atoms with Crippen molar-refractivity contribution in [3.8, 4) is 34.1 Å².